The second kappa shape index (κ2) is 14.3. The number of benzene rings is 3. The summed E-state index contributed by atoms with van der Waals surface area (Å²) < 4.78 is 14.6. The normalized spacial score (nSPS) is 12.9. The summed E-state index contributed by atoms with van der Waals surface area (Å²) in [6, 6.07) is 25.9. The van der Waals surface area contributed by atoms with Gasteiger partial charge in [0.1, 0.15) is 11.5 Å². The van der Waals surface area contributed by atoms with Crippen molar-refractivity contribution in [3.63, 3.8) is 0 Å². The molecule has 0 aliphatic heterocycles. The van der Waals surface area contributed by atoms with Crippen molar-refractivity contribution in [2.75, 3.05) is 14.2 Å². The van der Waals surface area contributed by atoms with Gasteiger partial charge in [0.2, 0.25) is 0 Å². The average molecular weight is 532 g/mol. The molecule has 3 nitrogen and oxygen atoms in total. The third-order valence-corrected chi connectivity index (χ3v) is 12.4. The number of rotatable bonds is 12. The maximum atomic E-state index is 5.95. The molecule has 37 heavy (non-hydrogen) atoms. The Morgan fingerprint density at radius 3 is 1.81 bits per heavy atom. The SMILES string of the molecule is C=C/C=C\C=C(/CC)P(c1ccccc1C)N(C(C)C)P(c1ccccc1OC)c1ccccc1OC. The highest BCUT2D eigenvalue weighted by Crippen LogP contribution is 2.62. The van der Waals surface area contributed by atoms with Gasteiger partial charge in [0, 0.05) is 32.8 Å². The van der Waals surface area contributed by atoms with Crippen molar-refractivity contribution in [3.05, 3.63) is 115 Å². The van der Waals surface area contributed by atoms with Crippen LogP contribution >= 0.6 is 16.1 Å². The predicted molar refractivity (Wildman–Crippen MR) is 165 cm³/mol. The Balaban J connectivity index is 2.41. The van der Waals surface area contributed by atoms with Crippen LogP contribution in [0.1, 0.15) is 32.8 Å². The first-order valence-electron chi connectivity index (χ1n) is 12.7. The van der Waals surface area contributed by atoms with Crippen LogP contribution in [0, 0.1) is 6.92 Å². The summed E-state index contributed by atoms with van der Waals surface area (Å²) in [7, 11) is 1.65. The first-order valence-corrected chi connectivity index (χ1v) is 15.3. The number of methoxy groups -OCH3 is 2. The predicted octanol–water partition coefficient (Wildman–Crippen LogP) is 7.83. The molecule has 0 radical (unpaired) electrons. The van der Waals surface area contributed by atoms with Crippen LogP contribution in [0.15, 0.2) is 109 Å². The zero-order valence-electron chi connectivity index (χ0n) is 22.9. The van der Waals surface area contributed by atoms with E-state index in [1.807, 2.05) is 24.3 Å². The second-order valence-electron chi connectivity index (χ2n) is 8.80. The van der Waals surface area contributed by atoms with Crippen LogP contribution < -0.4 is 25.4 Å². The fourth-order valence-corrected chi connectivity index (χ4v) is 11.0. The molecule has 1 unspecified atom stereocenters. The van der Waals surface area contributed by atoms with Gasteiger partial charge in [0.25, 0.3) is 0 Å². The number of ether oxygens (including phenoxy) is 2. The van der Waals surface area contributed by atoms with Crippen molar-refractivity contribution in [2.45, 2.75) is 40.2 Å². The molecule has 0 saturated carbocycles. The van der Waals surface area contributed by atoms with Crippen LogP contribution in [0.25, 0.3) is 0 Å². The van der Waals surface area contributed by atoms with E-state index in [1.54, 1.807) is 14.2 Å². The molecule has 0 aliphatic carbocycles. The van der Waals surface area contributed by atoms with Gasteiger partial charge in [-0.1, -0.05) is 86.3 Å². The van der Waals surface area contributed by atoms with Crippen molar-refractivity contribution in [1.29, 1.82) is 0 Å². The minimum Gasteiger partial charge on any atom is -0.496 e. The molecule has 0 aliphatic rings. The third kappa shape index (κ3) is 6.79. The second-order valence-corrected chi connectivity index (χ2v) is 13.2. The number of hydrogen-bond acceptors (Lipinski definition) is 3. The Morgan fingerprint density at radius 1 is 0.838 bits per heavy atom. The minimum absolute atomic E-state index is 0.255. The minimum atomic E-state index is -1.01. The van der Waals surface area contributed by atoms with Gasteiger partial charge in [-0.2, -0.15) is 0 Å². The highest BCUT2D eigenvalue weighted by atomic mass is 31.2. The molecular weight excluding hydrogens is 492 g/mol. The summed E-state index contributed by atoms with van der Waals surface area (Å²) >= 11 is 0. The van der Waals surface area contributed by atoms with Crippen LogP contribution in [0.5, 0.6) is 11.5 Å². The van der Waals surface area contributed by atoms with Crippen molar-refractivity contribution < 1.29 is 9.47 Å². The topological polar surface area (TPSA) is 21.7 Å². The fourth-order valence-electron chi connectivity index (χ4n) is 4.29. The lowest BCUT2D eigenvalue weighted by Gasteiger charge is -2.43. The lowest BCUT2D eigenvalue weighted by molar-refractivity contribution is 0.417. The van der Waals surface area contributed by atoms with Crippen LogP contribution in [0.3, 0.4) is 0 Å². The van der Waals surface area contributed by atoms with E-state index < -0.39 is 16.1 Å². The Hall–Kier alpha value is -2.70. The molecule has 0 bridgehead atoms. The summed E-state index contributed by atoms with van der Waals surface area (Å²) in [4.78, 5) is 0. The van der Waals surface area contributed by atoms with E-state index in [-0.39, 0.29) is 6.04 Å². The van der Waals surface area contributed by atoms with E-state index in [9.17, 15) is 0 Å². The van der Waals surface area contributed by atoms with Crippen molar-refractivity contribution in [2.24, 2.45) is 0 Å². The smallest absolute Gasteiger partial charge is 0.128 e. The Morgan fingerprint density at radius 2 is 1.35 bits per heavy atom. The number of para-hydroxylation sites is 2. The van der Waals surface area contributed by atoms with Crippen molar-refractivity contribution in [3.8, 4) is 11.5 Å². The first kappa shape index (κ1) is 28.9. The van der Waals surface area contributed by atoms with Crippen LogP contribution in [-0.4, -0.2) is 24.7 Å². The maximum absolute atomic E-state index is 5.95. The van der Waals surface area contributed by atoms with Crippen molar-refractivity contribution >= 4 is 32.1 Å². The number of nitrogens with zero attached hydrogens (tertiary/aromatic N) is 1. The van der Waals surface area contributed by atoms with E-state index in [4.69, 9.17) is 9.47 Å². The van der Waals surface area contributed by atoms with Crippen LogP contribution in [0.2, 0.25) is 0 Å². The molecule has 0 amide bonds. The zero-order chi connectivity index (χ0) is 26.8. The van der Waals surface area contributed by atoms with Gasteiger partial charge in [-0.05, 0) is 67.6 Å². The van der Waals surface area contributed by atoms with Crippen LogP contribution in [0.4, 0.5) is 0 Å². The molecule has 194 valence electrons. The first-order chi connectivity index (χ1) is 18.0. The molecule has 0 spiro atoms. The summed E-state index contributed by atoms with van der Waals surface area (Å²) in [6.07, 6.45) is 9.19. The molecular formula is C32H39NO2P2. The lowest BCUT2D eigenvalue weighted by atomic mass is 10.2. The molecule has 3 aromatic carbocycles. The highest BCUT2D eigenvalue weighted by Gasteiger charge is 2.37. The van der Waals surface area contributed by atoms with Gasteiger partial charge in [-0.3, -0.25) is 0 Å². The standard InChI is InChI=1S/C32H39NO2P2/c1-8-10-11-19-27(9-2)36(30-22-15-12-18-26(30)5)33(25(3)4)37(31-23-16-13-20-28(31)34-6)32-24-17-14-21-29(32)35-7/h8,10-25H,1,9H2,2-7H3/b11-10-,27-19+. The fraction of sp³-hybridized carbons (Fsp3) is 0.250. The molecule has 3 rings (SSSR count). The summed E-state index contributed by atoms with van der Waals surface area (Å²) in [5, 5.41) is 5.17. The van der Waals surface area contributed by atoms with Gasteiger partial charge >= 0.3 is 0 Å². The quantitative estimate of drug-likeness (QED) is 0.176. The monoisotopic (exact) mass is 531 g/mol. The van der Waals surface area contributed by atoms with Gasteiger partial charge in [-0.15, -0.1) is 0 Å². The van der Waals surface area contributed by atoms with Gasteiger partial charge in [0.15, 0.2) is 0 Å². The van der Waals surface area contributed by atoms with E-state index >= 15 is 0 Å². The molecule has 1 atom stereocenters. The number of hydrogen-bond donors (Lipinski definition) is 0. The highest BCUT2D eigenvalue weighted by molar-refractivity contribution is 7.83. The van der Waals surface area contributed by atoms with Gasteiger partial charge in [0.05, 0.1) is 14.2 Å². The third-order valence-electron chi connectivity index (χ3n) is 6.01. The Bertz CT molecular complexity index is 1190. The van der Waals surface area contributed by atoms with Gasteiger partial charge < -0.3 is 9.47 Å². The lowest BCUT2D eigenvalue weighted by Crippen LogP contribution is -2.34. The van der Waals surface area contributed by atoms with E-state index in [0.29, 0.717) is 0 Å². The van der Waals surface area contributed by atoms with Crippen molar-refractivity contribution in [1.82, 2.24) is 4.44 Å². The molecule has 0 N–H and O–H groups in total. The zero-order valence-corrected chi connectivity index (χ0v) is 24.7. The molecule has 0 saturated heterocycles. The summed E-state index contributed by atoms with van der Waals surface area (Å²) in [5.41, 5.74) is 1.31. The van der Waals surface area contributed by atoms with E-state index in [0.717, 1.165) is 17.9 Å². The molecule has 0 heterocycles. The van der Waals surface area contributed by atoms with Crippen LogP contribution in [-0.2, 0) is 0 Å². The Kier molecular flexibility index (Phi) is 11.2. The maximum Gasteiger partial charge on any atom is 0.128 e. The average Bonchev–Trinajstić information content (AvgIpc) is 2.92. The van der Waals surface area contributed by atoms with Gasteiger partial charge in [-0.25, -0.2) is 4.44 Å². The van der Waals surface area contributed by atoms with E-state index in [1.165, 1.54) is 26.8 Å². The number of allylic oxidation sites excluding steroid dienone is 5. The summed E-state index contributed by atoms with van der Waals surface area (Å²) in [6.45, 7) is 13.0. The molecule has 3 aromatic rings. The number of aryl methyl sites for hydroxylation is 1. The largest absolute Gasteiger partial charge is 0.496 e. The summed E-state index contributed by atoms with van der Waals surface area (Å²) in [5.74, 6) is 1.80. The molecule has 0 aromatic heterocycles. The molecule has 0 fully saturated rings. The molecule has 5 heteroatoms. The Labute approximate surface area is 226 Å². The van der Waals surface area contributed by atoms with E-state index in [2.05, 4.69) is 112 Å².